The van der Waals surface area contributed by atoms with Gasteiger partial charge in [-0.25, -0.2) is 0 Å². The molecule has 2 bridgehead atoms. The molecular formula is C20H30Br2O. The van der Waals surface area contributed by atoms with Gasteiger partial charge in [-0.05, 0) is 65.6 Å². The van der Waals surface area contributed by atoms with E-state index >= 15 is 0 Å². The Bertz CT molecular complexity index is 558. The van der Waals surface area contributed by atoms with Gasteiger partial charge >= 0.3 is 0 Å². The molecule has 23 heavy (non-hydrogen) atoms. The van der Waals surface area contributed by atoms with Gasteiger partial charge in [-0.3, -0.25) is 4.79 Å². The third-order valence-electron chi connectivity index (χ3n) is 8.90. The normalized spacial score (nSPS) is 57.7. The number of hydrogen-bond acceptors (Lipinski definition) is 1. The smallest absolute Gasteiger partial charge is 0.134 e. The van der Waals surface area contributed by atoms with Crippen LogP contribution in [0.4, 0.5) is 0 Å². The molecule has 5 aliphatic carbocycles. The van der Waals surface area contributed by atoms with Crippen LogP contribution < -0.4 is 0 Å². The minimum atomic E-state index is 0.172. The van der Waals surface area contributed by atoms with E-state index in [0.717, 1.165) is 18.8 Å². The van der Waals surface area contributed by atoms with E-state index in [2.05, 4.69) is 59.6 Å². The van der Waals surface area contributed by atoms with Crippen LogP contribution in [-0.4, -0.2) is 15.4 Å². The molecule has 0 aromatic rings. The zero-order valence-corrected chi connectivity index (χ0v) is 18.1. The average Bonchev–Trinajstić information content (AvgIpc) is 2.41. The molecule has 0 N–H and O–H groups in total. The number of rotatable bonds is 0. The molecule has 5 fully saturated rings. The van der Waals surface area contributed by atoms with Gasteiger partial charge in [0.1, 0.15) is 5.78 Å². The Labute approximate surface area is 158 Å². The Morgan fingerprint density at radius 2 is 1.70 bits per heavy atom. The highest BCUT2D eigenvalue weighted by atomic mass is 79.9. The molecule has 5 aliphatic rings. The van der Waals surface area contributed by atoms with E-state index < -0.39 is 0 Å². The van der Waals surface area contributed by atoms with Gasteiger partial charge in [0, 0.05) is 22.5 Å². The molecular weight excluding hydrogens is 416 g/mol. The number of fused-ring (bicyclic) bond motifs is 3. The minimum Gasteiger partial charge on any atom is -0.300 e. The van der Waals surface area contributed by atoms with Gasteiger partial charge in [-0.15, -0.1) is 0 Å². The summed E-state index contributed by atoms with van der Waals surface area (Å²) in [4.78, 5) is 13.9. The summed E-state index contributed by atoms with van der Waals surface area (Å²) < 4.78 is 0. The highest BCUT2D eigenvalue weighted by Crippen LogP contribution is 2.76. The van der Waals surface area contributed by atoms with Crippen molar-refractivity contribution in [2.75, 3.05) is 0 Å². The fourth-order valence-corrected chi connectivity index (χ4v) is 10.5. The molecule has 5 rings (SSSR count). The zero-order chi connectivity index (χ0) is 16.8. The molecule has 0 heterocycles. The van der Waals surface area contributed by atoms with Crippen LogP contribution in [0.1, 0.15) is 72.6 Å². The highest BCUT2D eigenvalue weighted by Gasteiger charge is 2.71. The van der Waals surface area contributed by atoms with E-state index in [1.165, 1.54) is 32.1 Å². The minimum absolute atomic E-state index is 0.172. The van der Waals surface area contributed by atoms with E-state index in [-0.39, 0.29) is 10.8 Å². The van der Waals surface area contributed by atoms with Crippen molar-refractivity contribution < 1.29 is 4.79 Å². The van der Waals surface area contributed by atoms with Crippen molar-refractivity contribution in [2.24, 2.45) is 33.5 Å². The van der Waals surface area contributed by atoms with Crippen molar-refractivity contribution in [3.8, 4) is 0 Å². The van der Waals surface area contributed by atoms with E-state index in [9.17, 15) is 4.79 Å². The largest absolute Gasteiger partial charge is 0.300 e. The molecule has 0 aliphatic heterocycles. The number of carbonyl (C=O) groups is 1. The van der Waals surface area contributed by atoms with E-state index in [4.69, 9.17) is 0 Å². The fraction of sp³-hybridized carbons (Fsp3) is 0.950. The van der Waals surface area contributed by atoms with Crippen LogP contribution >= 0.6 is 31.9 Å². The number of Topliss-reactive ketones (excluding diaryl/α,β-unsaturated/α-hetero) is 1. The maximum absolute atomic E-state index is 12.7. The van der Waals surface area contributed by atoms with Crippen molar-refractivity contribution in [2.45, 2.75) is 82.3 Å². The van der Waals surface area contributed by atoms with E-state index in [0.29, 0.717) is 32.2 Å². The molecule has 0 radical (unpaired) electrons. The van der Waals surface area contributed by atoms with E-state index in [1.54, 1.807) is 0 Å². The van der Waals surface area contributed by atoms with Crippen LogP contribution in [0.15, 0.2) is 0 Å². The number of ketones is 1. The Kier molecular flexibility index (Phi) is 3.61. The first-order valence-electron chi connectivity index (χ1n) is 9.37. The molecule has 1 nitrogen and oxygen atoms in total. The predicted molar refractivity (Wildman–Crippen MR) is 102 cm³/mol. The molecule has 0 unspecified atom stereocenters. The summed E-state index contributed by atoms with van der Waals surface area (Å²) in [5.41, 5.74) is 1.09. The first-order chi connectivity index (χ1) is 10.6. The van der Waals surface area contributed by atoms with Gasteiger partial charge in [0.05, 0.1) is 0 Å². The molecule has 7 atom stereocenters. The van der Waals surface area contributed by atoms with Crippen LogP contribution in [0.2, 0.25) is 0 Å². The molecule has 3 heteroatoms. The van der Waals surface area contributed by atoms with Gasteiger partial charge in [-0.1, -0.05) is 59.6 Å². The number of carbonyl (C=O) groups excluding carboxylic acids is 1. The molecule has 0 amide bonds. The first-order valence-corrected chi connectivity index (χ1v) is 11.2. The van der Waals surface area contributed by atoms with Crippen LogP contribution in [-0.2, 0) is 4.79 Å². The molecule has 0 saturated heterocycles. The second-order valence-corrected chi connectivity index (χ2v) is 12.4. The topological polar surface area (TPSA) is 17.1 Å². The lowest BCUT2D eigenvalue weighted by atomic mass is 9.33. The fourth-order valence-electron chi connectivity index (χ4n) is 7.72. The quantitative estimate of drug-likeness (QED) is 0.410. The standard InChI is InChI=1S/C20H30Br2O/c1-17(2)9-12(23)10-19(4)14(17)6-5-13-16(22)18(3)7-8-20(13,19)11-15(18)21/h13-16H,5-11H2,1-4H3/t13-,14-,15-,16-,18+,19-,20+/m0/s1. The summed E-state index contributed by atoms with van der Waals surface area (Å²) in [5.74, 6) is 1.96. The second kappa shape index (κ2) is 4.87. The molecule has 130 valence electrons. The Hall–Kier alpha value is 0.630. The lowest BCUT2D eigenvalue weighted by Crippen LogP contribution is -2.69. The maximum atomic E-state index is 12.7. The number of alkyl halides is 2. The van der Waals surface area contributed by atoms with E-state index in [1.807, 2.05) is 0 Å². The van der Waals surface area contributed by atoms with Gasteiger partial charge in [-0.2, -0.15) is 0 Å². The van der Waals surface area contributed by atoms with Crippen molar-refractivity contribution in [1.82, 2.24) is 0 Å². The van der Waals surface area contributed by atoms with Gasteiger partial charge in [0.15, 0.2) is 0 Å². The summed E-state index contributed by atoms with van der Waals surface area (Å²) in [6, 6.07) is 0. The highest BCUT2D eigenvalue weighted by molar-refractivity contribution is 9.10. The molecule has 5 saturated carbocycles. The third kappa shape index (κ3) is 1.93. The van der Waals surface area contributed by atoms with Crippen molar-refractivity contribution in [3.05, 3.63) is 0 Å². The van der Waals surface area contributed by atoms with Crippen LogP contribution in [0, 0.1) is 33.5 Å². The van der Waals surface area contributed by atoms with Crippen molar-refractivity contribution >= 4 is 37.6 Å². The Balaban J connectivity index is 1.85. The van der Waals surface area contributed by atoms with Crippen LogP contribution in [0.5, 0.6) is 0 Å². The molecule has 0 aromatic carbocycles. The maximum Gasteiger partial charge on any atom is 0.134 e. The third-order valence-corrected chi connectivity index (χ3v) is 11.9. The number of halogens is 2. The van der Waals surface area contributed by atoms with Gasteiger partial charge < -0.3 is 0 Å². The van der Waals surface area contributed by atoms with Crippen molar-refractivity contribution in [1.29, 1.82) is 0 Å². The lowest BCUT2D eigenvalue weighted by molar-refractivity contribution is -0.209. The van der Waals surface area contributed by atoms with Crippen LogP contribution in [0.3, 0.4) is 0 Å². The molecule has 1 spiro atoms. The molecule has 0 aromatic heterocycles. The zero-order valence-electron chi connectivity index (χ0n) is 14.9. The summed E-state index contributed by atoms with van der Waals surface area (Å²) in [5, 5.41) is 0. The first kappa shape index (κ1) is 17.1. The average molecular weight is 446 g/mol. The Morgan fingerprint density at radius 1 is 1.00 bits per heavy atom. The summed E-state index contributed by atoms with van der Waals surface area (Å²) >= 11 is 8.22. The van der Waals surface area contributed by atoms with Gasteiger partial charge in [0.2, 0.25) is 0 Å². The SMILES string of the molecule is CC1(C)CC(=O)C[C@@]2(C)[C@H]1CC[C@H]1[C@H](Br)[C@]3(C)CC[C@@]12C[C@@H]3Br. The Morgan fingerprint density at radius 3 is 2.35 bits per heavy atom. The lowest BCUT2D eigenvalue weighted by Gasteiger charge is -2.73. The van der Waals surface area contributed by atoms with Crippen LogP contribution in [0.25, 0.3) is 0 Å². The predicted octanol–water partition coefficient (Wildman–Crippen LogP) is 6.13. The van der Waals surface area contributed by atoms with Crippen molar-refractivity contribution in [3.63, 3.8) is 0 Å². The monoisotopic (exact) mass is 444 g/mol. The summed E-state index contributed by atoms with van der Waals surface area (Å²) in [6.07, 6.45) is 8.18. The summed E-state index contributed by atoms with van der Waals surface area (Å²) in [7, 11) is 0. The second-order valence-electron chi connectivity index (χ2n) is 10.3. The summed E-state index contributed by atoms with van der Waals surface area (Å²) in [6.45, 7) is 9.68. The number of hydrogen-bond donors (Lipinski definition) is 0. The van der Waals surface area contributed by atoms with Gasteiger partial charge in [0.25, 0.3) is 0 Å².